The van der Waals surface area contributed by atoms with Gasteiger partial charge in [0, 0.05) is 6.54 Å². The minimum absolute atomic E-state index is 0.154. The van der Waals surface area contributed by atoms with Crippen LogP contribution in [0.3, 0.4) is 0 Å². The molecule has 0 saturated heterocycles. The fraction of sp³-hybridized carbons (Fsp3) is 0.750. The summed E-state index contributed by atoms with van der Waals surface area (Å²) in [7, 11) is 0. The van der Waals surface area contributed by atoms with Crippen LogP contribution in [0, 0.1) is 0 Å². The summed E-state index contributed by atoms with van der Waals surface area (Å²) in [6.45, 7) is 2.59. The molecule has 0 spiro atoms. The number of hydrogen-bond acceptors (Lipinski definition) is 3. The summed E-state index contributed by atoms with van der Waals surface area (Å²) >= 11 is 0. The predicted molar refractivity (Wildman–Crippen MR) is 48.1 cm³/mol. The molecule has 13 heavy (non-hydrogen) atoms. The summed E-state index contributed by atoms with van der Waals surface area (Å²) in [6.07, 6.45) is 1.73. The predicted octanol–water partition coefficient (Wildman–Crippen LogP) is -0.295. The summed E-state index contributed by atoms with van der Waals surface area (Å²) < 4.78 is 0. The summed E-state index contributed by atoms with van der Waals surface area (Å²) in [4.78, 5) is 21.2. The number of carbonyl (C=O) groups excluding carboxylic acids is 1. The Morgan fingerprint density at radius 3 is 2.62 bits per heavy atom. The van der Waals surface area contributed by atoms with E-state index in [1.54, 1.807) is 0 Å². The van der Waals surface area contributed by atoms with Crippen molar-refractivity contribution in [3.63, 3.8) is 0 Å². The Morgan fingerprint density at radius 2 is 2.15 bits per heavy atom. The Labute approximate surface area is 77.3 Å². The fourth-order valence-corrected chi connectivity index (χ4v) is 0.764. The highest BCUT2D eigenvalue weighted by Crippen LogP contribution is 1.89. The Bertz CT molecular complexity index is 182. The maximum atomic E-state index is 11.0. The van der Waals surface area contributed by atoms with Crippen molar-refractivity contribution >= 4 is 11.9 Å². The summed E-state index contributed by atoms with van der Waals surface area (Å²) in [5.41, 5.74) is 5.16. The molecule has 0 bridgehead atoms. The number of carboxylic acid groups (broad SMARTS) is 1. The molecule has 76 valence electrons. The first-order valence-electron chi connectivity index (χ1n) is 4.33. The van der Waals surface area contributed by atoms with Crippen molar-refractivity contribution in [2.75, 3.05) is 6.54 Å². The number of aliphatic carboxylic acids is 1. The van der Waals surface area contributed by atoms with Crippen LogP contribution < -0.4 is 11.1 Å². The van der Waals surface area contributed by atoms with Crippen LogP contribution in [-0.2, 0) is 9.59 Å². The highest BCUT2D eigenvalue weighted by Gasteiger charge is 2.15. The number of amides is 1. The standard InChI is InChI=1S/C8H16N2O3/c1-2-3-4-10-7(11)5-6(9)8(12)13/h6H,2-5,9H2,1H3,(H,10,11)(H,12,13). The largest absolute Gasteiger partial charge is 0.480 e. The van der Waals surface area contributed by atoms with E-state index in [1.165, 1.54) is 0 Å². The average molecular weight is 188 g/mol. The van der Waals surface area contributed by atoms with Crippen LogP contribution in [0.1, 0.15) is 26.2 Å². The highest BCUT2D eigenvalue weighted by molar-refractivity contribution is 5.84. The van der Waals surface area contributed by atoms with E-state index in [0.717, 1.165) is 12.8 Å². The number of nitrogens with one attached hydrogen (secondary N) is 1. The van der Waals surface area contributed by atoms with Crippen molar-refractivity contribution < 1.29 is 14.7 Å². The molecule has 5 nitrogen and oxygen atoms in total. The maximum Gasteiger partial charge on any atom is 0.321 e. The van der Waals surface area contributed by atoms with E-state index in [0.29, 0.717) is 6.54 Å². The topological polar surface area (TPSA) is 92.4 Å². The molecule has 5 heteroatoms. The SMILES string of the molecule is CCCCNC(=O)CC(N)C(=O)O. The minimum Gasteiger partial charge on any atom is -0.480 e. The lowest BCUT2D eigenvalue weighted by atomic mass is 10.2. The van der Waals surface area contributed by atoms with Crippen LogP contribution in [0.2, 0.25) is 0 Å². The third-order valence-electron chi connectivity index (χ3n) is 1.58. The van der Waals surface area contributed by atoms with Crippen molar-refractivity contribution in [2.24, 2.45) is 5.73 Å². The second kappa shape index (κ2) is 6.42. The van der Waals surface area contributed by atoms with E-state index in [1.807, 2.05) is 6.92 Å². The Hall–Kier alpha value is -1.10. The smallest absolute Gasteiger partial charge is 0.321 e. The van der Waals surface area contributed by atoms with Gasteiger partial charge in [-0.25, -0.2) is 0 Å². The molecule has 1 unspecified atom stereocenters. The highest BCUT2D eigenvalue weighted by atomic mass is 16.4. The van der Waals surface area contributed by atoms with Gasteiger partial charge in [-0.05, 0) is 6.42 Å². The van der Waals surface area contributed by atoms with Gasteiger partial charge < -0.3 is 16.2 Å². The van der Waals surface area contributed by atoms with E-state index >= 15 is 0 Å². The Balaban J connectivity index is 3.56. The van der Waals surface area contributed by atoms with Crippen molar-refractivity contribution in [3.05, 3.63) is 0 Å². The van der Waals surface area contributed by atoms with Gasteiger partial charge in [0.1, 0.15) is 6.04 Å². The first-order valence-corrected chi connectivity index (χ1v) is 4.33. The summed E-state index contributed by atoms with van der Waals surface area (Å²) in [6, 6.07) is -1.10. The van der Waals surface area contributed by atoms with Crippen molar-refractivity contribution in [2.45, 2.75) is 32.2 Å². The van der Waals surface area contributed by atoms with E-state index < -0.39 is 12.0 Å². The zero-order valence-electron chi connectivity index (χ0n) is 7.75. The van der Waals surface area contributed by atoms with Crippen molar-refractivity contribution in [1.82, 2.24) is 5.32 Å². The molecule has 0 aromatic carbocycles. The molecule has 0 aromatic heterocycles. The number of nitrogens with two attached hydrogens (primary N) is 1. The van der Waals surface area contributed by atoms with Crippen LogP contribution in [0.5, 0.6) is 0 Å². The van der Waals surface area contributed by atoms with Crippen LogP contribution in [0.4, 0.5) is 0 Å². The molecule has 0 radical (unpaired) electrons. The fourth-order valence-electron chi connectivity index (χ4n) is 0.764. The van der Waals surface area contributed by atoms with Crippen LogP contribution >= 0.6 is 0 Å². The van der Waals surface area contributed by atoms with Gasteiger partial charge in [0.05, 0.1) is 6.42 Å². The van der Waals surface area contributed by atoms with Gasteiger partial charge in [0.15, 0.2) is 0 Å². The first kappa shape index (κ1) is 11.9. The molecule has 0 aliphatic rings. The molecule has 0 saturated carbocycles. The Kier molecular flexibility index (Phi) is 5.88. The zero-order valence-corrected chi connectivity index (χ0v) is 7.75. The zero-order chi connectivity index (χ0) is 10.3. The van der Waals surface area contributed by atoms with E-state index in [2.05, 4.69) is 5.32 Å². The molecule has 0 aliphatic heterocycles. The minimum atomic E-state index is -1.15. The molecule has 0 aromatic rings. The van der Waals surface area contributed by atoms with Gasteiger partial charge >= 0.3 is 5.97 Å². The molecule has 0 fully saturated rings. The Morgan fingerprint density at radius 1 is 1.54 bits per heavy atom. The van der Waals surface area contributed by atoms with Crippen LogP contribution in [0.15, 0.2) is 0 Å². The van der Waals surface area contributed by atoms with E-state index in [-0.39, 0.29) is 12.3 Å². The van der Waals surface area contributed by atoms with Crippen molar-refractivity contribution in [3.8, 4) is 0 Å². The van der Waals surface area contributed by atoms with Crippen LogP contribution in [0.25, 0.3) is 0 Å². The molecule has 1 atom stereocenters. The number of carboxylic acids is 1. The second-order valence-electron chi connectivity index (χ2n) is 2.85. The van der Waals surface area contributed by atoms with Gasteiger partial charge in [-0.3, -0.25) is 9.59 Å². The first-order chi connectivity index (χ1) is 6.07. The number of hydrogen-bond donors (Lipinski definition) is 3. The van der Waals surface area contributed by atoms with E-state index in [9.17, 15) is 9.59 Å². The van der Waals surface area contributed by atoms with Gasteiger partial charge in [-0.1, -0.05) is 13.3 Å². The number of carbonyl (C=O) groups is 2. The van der Waals surface area contributed by atoms with Crippen LogP contribution in [-0.4, -0.2) is 29.6 Å². The molecule has 4 N–H and O–H groups in total. The molecule has 1 amide bonds. The van der Waals surface area contributed by atoms with Gasteiger partial charge in [-0.15, -0.1) is 0 Å². The molecule has 0 heterocycles. The second-order valence-corrected chi connectivity index (χ2v) is 2.85. The van der Waals surface area contributed by atoms with Gasteiger partial charge in [0.2, 0.25) is 5.91 Å². The quantitative estimate of drug-likeness (QED) is 0.499. The van der Waals surface area contributed by atoms with Crippen molar-refractivity contribution in [1.29, 1.82) is 0 Å². The summed E-state index contributed by atoms with van der Waals surface area (Å²) in [5.74, 6) is -1.45. The monoisotopic (exact) mass is 188 g/mol. The van der Waals surface area contributed by atoms with Gasteiger partial charge in [-0.2, -0.15) is 0 Å². The average Bonchev–Trinajstić information content (AvgIpc) is 2.04. The van der Waals surface area contributed by atoms with E-state index in [4.69, 9.17) is 10.8 Å². The molecule has 0 aliphatic carbocycles. The number of unbranched alkanes of at least 4 members (excludes halogenated alkanes) is 1. The molecular weight excluding hydrogens is 172 g/mol. The lowest BCUT2D eigenvalue weighted by Gasteiger charge is -2.06. The normalized spacial score (nSPS) is 12.2. The maximum absolute atomic E-state index is 11.0. The molecule has 0 rings (SSSR count). The number of rotatable bonds is 6. The summed E-state index contributed by atoms with van der Waals surface area (Å²) in [5, 5.41) is 11.0. The third-order valence-corrected chi connectivity index (χ3v) is 1.58. The third kappa shape index (κ3) is 6.10. The van der Waals surface area contributed by atoms with Gasteiger partial charge in [0.25, 0.3) is 0 Å². The lowest BCUT2D eigenvalue weighted by Crippen LogP contribution is -2.37. The molecular formula is C8H16N2O3. The lowest BCUT2D eigenvalue weighted by molar-refractivity contribution is -0.140.